The number of ketones is 1. The highest BCUT2D eigenvalue weighted by Crippen LogP contribution is 2.34. The largest absolute Gasteiger partial charge is 0.437 e. The topological polar surface area (TPSA) is 74.5 Å². The number of carbonyl (C=O) groups is 1. The molecule has 1 aromatic carbocycles. The number of piperazine rings is 1. The molecule has 7 nitrogen and oxygen atoms in total. The summed E-state index contributed by atoms with van der Waals surface area (Å²) in [6.45, 7) is 8.44. The van der Waals surface area contributed by atoms with Gasteiger partial charge in [-0.3, -0.25) is 4.79 Å². The molecule has 0 bridgehead atoms. The molecule has 0 spiro atoms. The first-order valence-corrected chi connectivity index (χ1v) is 10.7. The summed E-state index contributed by atoms with van der Waals surface area (Å²) in [4.78, 5) is 27.2. The van der Waals surface area contributed by atoms with Crippen LogP contribution < -0.4 is 10.2 Å². The molecule has 0 radical (unpaired) electrons. The minimum absolute atomic E-state index is 0.191. The third-order valence-electron chi connectivity index (χ3n) is 6.13. The van der Waals surface area contributed by atoms with Crippen molar-refractivity contribution in [3.8, 4) is 0 Å². The van der Waals surface area contributed by atoms with Gasteiger partial charge in [0.1, 0.15) is 11.5 Å². The standard InChI is InChI=1S/C23H27N5O2/c1-4-18-22(30-14(2)25-18)21(29)20-12-16-11-15-5-6-24-19(15)13-17(16)23(26-20)28-9-7-27(3)8-10-28/h11-13,24H,4-10H2,1-3H3. The van der Waals surface area contributed by atoms with Crippen LogP contribution >= 0.6 is 0 Å². The second kappa shape index (κ2) is 7.40. The Morgan fingerprint density at radius 2 is 1.97 bits per heavy atom. The van der Waals surface area contributed by atoms with Gasteiger partial charge in [0.15, 0.2) is 11.7 Å². The summed E-state index contributed by atoms with van der Waals surface area (Å²) in [7, 11) is 2.14. The summed E-state index contributed by atoms with van der Waals surface area (Å²) in [5.74, 6) is 1.52. The van der Waals surface area contributed by atoms with Crippen molar-refractivity contribution in [2.75, 3.05) is 50.0 Å². The Morgan fingerprint density at radius 1 is 1.17 bits per heavy atom. The summed E-state index contributed by atoms with van der Waals surface area (Å²) >= 11 is 0. The molecule has 2 aliphatic rings. The Kier molecular flexibility index (Phi) is 4.70. The van der Waals surface area contributed by atoms with Crippen molar-refractivity contribution in [3.05, 3.63) is 46.8 Å². The smallest absolute Gasteiger partial charge is 0.248 e. The summed E-state index contributed by atoms with van der Waals surface area (Å²) in [5.41, 5.74) is 3.59. The number of likely N-dealkylation sites (N-methyl/N-ethyl adjacent to an activating group) is 1. The highest BCUT2D eigenvalue weighted by Gasteiger charge is 2.25. The van der Waals surface area contributed by atoms with E-state index in [0.29, 0.717) is 29.5 Å². The molecule has 2 aliphatic heterocycles. The van der Waals surface area contributed by atoms with Gasteiger partial charge in [-0.2, -0.15) is 0 Å². The second-order valence-electron chi connectivity index (χ2n) is 8.22. The molecule has 0 amide bonds. The number of nitrogens with zero attached hydrogens (tertiary/aromatic N) is 4. The number of aromatic nitrogens is 2. The van der Waals surface area contributed by atoms with Crippen LogP contribution in [0.1, 0.15) is 40.3 Å². The SMILES string of the molecule is CCc1nc(C)oc1C(=O)c1cc2cc3c(cc2c(N2CCN(C)CC2)n1)NCC3. The van der Waals surface area contributed by atoms with E-state index < -0.39 is 0 Å². The predicted molar refractivity (Wildman–Crippen MR) is 118 cm³/mol. The van der Waals surface area contributed by atoms with Crippen molar-refractivity contribution >= 4 is 28.1 Å². The van der Waals surface area contributed by atoms with Gasteiger partial charge in [0.05, 0.1) is 5.69 Å². The van der Waals surface area contributed by atoms with Gasteiger partial charge in [-0.05, 0) is 49.0 Å². The number of rotatable bonds is 4. The molecule has 5 rings (SSSR count). The van der Waals surface area contributed by atoms with Gasteiger partial charge >= 0.3 is 0 Å². The number of nitrogens with one attached hydrogen (secondary N) is 1. The van der Waals surface area contributed by atoms with Crippen LogP contribution in [0.4, 0.5) is 11.5 Å². The number of oxazole rings is 1. The number of benzene rings is 1. The maximum atomic E-state index is 13.4. The highest BCUT2D eigenvalue weighted by atomic mass is 16.4. The average molecular weight is 406 g/mol. The molecule has 2 aromatic heterocycles. The molecule has 1 N–H and O–H groups in total. The fourth-order valence-corrected chi connectivity index (χ4v) is 4.41. The van der Waals surface area contributed by atoms with Gasteiger partial charge in [-0.25, -0.2) is 9.97 Å². The zero-order valence-electron chi connectivity index (χ0n) is 17.8. The number of carbonyl (C=O) groups excluding carboxylic acids is 1. The summed E-state index contributed by atoms with van der Waals surface area (Å²) in [6, 6.07) is 6.31. The van der Waals surface area contributed by atoms with Crippen LogP contribution in [0.3, 0.4) is 0 Å². The summed E-state index contributed by atoms with van der Waals surface area (Å²) in [6.07, 6.45) is 1.65. The fourth-order valence-electron chi connectivity index (χ4n) is 4.41. The van der Waals surface area contributed by atoms with E-state index in [9.17, 15) is 4.79 Å². The van der Waals surface area contributed by atoms with E-state index in [1.165, 1.54) is 11.3 Å². The fraction of sp³-hybridized carbons (Fsp3) is 0.435. The third-order valence-corrected chi connectivity index (χ3v) is 6.13. The molecule has 4 heterocycles. The molecular formula is C23H27N5O2. The Hall–Kier alpha value is -2.93. The molecule has 3 aromatic rings. The molecule has 0 aliphatic carbocycles. The van der Waals surface area contributed by atoms with Crippen molar-refractivity contribution in [2.24, 2.45) is 0 Å². The zero-order valence-corrected chi connectivity index (χ0v) is 17.8. The highest BCUT2D eigenvalue weighted by molar-refractivity contribution is 6.10. The number of anilines is 2. The first-order valence-electron chi connectivity index (χ1n) is 10.7. The van der Waals surface area contributed by atoms with Gasteiger partial charge < -0.3 is 19.5 Å². The van der Waals surface area contributed by atoms with E-state index >= 15 is 0 Å². The molecule has 0 unspecified atom stereocenters. The molecule has 7 heteroatoms. The molecule has 0 atom stereocenters. The number of aryl methyl sites for hydroxylation is 2. The lowest BCUT2D eigenvalue weighted by molar-refractivity contribution is 0.100. The van der Waals surface area contributed by atoms with Gasteiger partial charge in [0.25, 0.3) is 0 Å². The van der Waals surface area contributed by atoms with Crippen LogP contribution in [0.15, 0.2) is 22.6 Å². The Labute approximate surface area is 176 Å². The van der Waals surface area contributed by atoms with E-state index in [1.807, 2.05) is 13.0 Å². The molecule has 156 valence electrons. The van der Waals surface area contributed by atoms with Crippen molar-refractivity contribution in [1.29, 1.82) is 0 Å². The number of hydrogen-bond acceptors (Lipinski definition) is 7. The van der Waals surface area contributed by atoms with Gasteiger partial charge in [0, 0.05) is 50.7 Å². The number of pyridine rings is 1. The summed E-state index contributed by atoms with van der Waals surface area (Å²) in [5, 5.41) is 5.61. The monoisotopic (exact) mass is 405 g/mol. The molecule has 0 saturated carbocycles. The van der Waals surface area contributed by atoms with Crippen LogP contribution in [-0.4, -0.2) is 60.4 Å². The Bertz CT molecular complexity index is 1130. The van der Waals surface area contributed by atoms with Crippen LogP contribution in [0.25, 0.3) is 10.8 Å². The number of hydrogen-bond donors (Lipinski definition) is 1. The molecule has 1 saturated heterocycles. The minimum Gasteiger partial charge on any atom is -0.437 e. The van der Waals surface area contributed by atoms with Crippen molar-refractivity contribution in [1.82, 2.24) is 14.9 Å². The van der Waals surface area contributed by atoms with Crippen LogP contribution in [0.5, 0.6) is 0 Å². The molecule has 30 heavy (non-hydrogen) atoms. The van der Waals surface area contributed by atoms with E-state index in [-0.39, 0.29) is 5.78 Å². The van der Waals surface area contributed by atoms with Crippen molar-refractivity contribution in [2.45, 2.75) is 26.7 Å². The van der Waals surface area contributed by atoms with Crippen LogP contribution in [-0.2, 0) is 12.8 Å². The second-order valence-corrected chi connectivity index (χ2v) is 8.22. The van der Waals surface area contributed by atoms with E-state index in [4.69, 9.17) is 9.40 Å². The lowest BCUT2D eigenvalue weighted by atomic mass is 10.0. The lowest BCUT2D eigenvalue weighted by Gasteiger charge is -2.34. The van der Waals surface area contributed by atoms with Crippen molar-refractivity contribution < 1.29 is 9.21 Å². The predicted octanol–water partition coefficient (Wildman–Crippen LogP) is 3.04. The Morgan fingerprint density at radius 3 is 2.73 bits per heavy atom. The van der Waals surface area contributed by atoms with E-state index in [0.717, 1.165) is 55.7 Å². The van der Waals surface area contributed by atoms with Gasteiger partial charge in [-0.1, -0.05) is 6.92 Å². The lowest BCUT2D eigenvalue weighted by Crippen LogP contribution is -2.45. The Balaban J connectivity index is 1.65. The molecular weight excluding hydrogens is 378 g/mol. The first kappa shape index (κ1) is 19.1. The van der Waals surface area contributed by atoms with Gasteiger partial charge in [-0.15, -0.1) is 0 Å². The van der Waals surface area contributed by atoms with Gasteiger partial charge in [0.2, 0.25) is 5.78 Å². The minimum atomic E-state index is -0.191. The number of fused-ring (bicyclic) bond motifs is 2. The van der Waals surface area contributed by atoms with E-state index in [2.05, 4.69) is 39.3 Å². The van der Waals surface area contributed by atoms with Crippen molar-refractivity contribution in [3.63, 3.8) is 0 Å². The average Bonchev–Trinajstić information content (AvgIpc) is 3.36. The first-order chi connectivity index (χ1) is 14.5. The quantitative estimate of drug-likeness (QED) is 0.669. The third kappa shape index (κ3) is 3.23. The van der Waals surface area contributed by atoms with E-state index in [1.54, 1.807) is 6.92 Å². The maximum absolute atomic E-state index is 13.4. The zero-order chi connectivity index (χ0) is 20.8. The summed E-state index contributed by atoms with van der Waals surface area (Å²) < 4.78 is 5.68. The van der Waals surface area contributed by atoms with Crippen LogP contribution in [0, 0.1) is 6.92 Å². The maximum Gasteiger partial charge on any atom is 0.248 e. The normalized spacial score (nSPS) is 16.7. The molecule has 1 fully saturated rings. The van der Waals surface area contributed by atoms with Crippen LogP contribution in [0.2, 0.25) is 0 Å².